The summed E-state index contributed by atoms with van der Waals surface area (Å²) < 4.78 is 0. The molecule has 0 aromatic rings. The van der Waals surface area contributed by atoms with Crippen LogP contribution in [0.3, 0.4) is 0 Å². The first-order valence-corrected chi connectivity index (χ1v) is 5.95. The van der Waals surface area contributed by atoms with Crippen LogP contribution in [-0.2, 0) is 19.2 Å². The van der Waals surface area contributed by atoms with Gasteiger partial charge in [0, 0.05) is 71.7 Å². The molecule has 0 aliphatic heterocycles. The van der Waals surface area contributed by atoms with Crippen LogP contribution in [0.4, 0.5) is 0 Å². The van der Waals surface area contributed by atoms with Gasteiger partial charge < -0.3 is 20.4 Å². The van der Waals surface area contributed by atoms with Gasteiger partial charge in [-0.1, -0.05) is 0 Å². The number of hydrogen-bond acceptors (Lipinski definition) is 6. The van der Waals surface area contributed by atoms with Gasteiger partial charge in [-0.15, -0.1) is 0 Å². The van der Waals surface area contributed by atoms with Gasteiger partial charge in [-0.2, -0.15) is 0 Å². The summed E-state index contributed by atoms with van der Waals surface area (Å²) >= 11 is 0. The molecule has 10 nitrogen and oxygen atoms in total. The van der Waals surface area contributed by atoms with Crippen molar-refractivity contribution in [2.45, 2.75) is 13.0 Å². The Balaban J connectivity index is -0.00000200. The van der Waals surface area contributed by atoms with Crippen molar-refractivity contribution in [3.63, 3.8) is 0 Å². The van der Waals surface area contributed by atoms with Crippen LogP contribution in [0.2, 0.25) is 0 Å². The summed E-state index contributed by atoms with van der Waals surface area (Å²) in [7, 11) is 0. The molecule has 23 heavy (non-hydrogen) atoms. The zero-order valence-corrected chi connectivity index (χ0v) is 17.4. The minimum absolute atomic E-state index is 0. The predicted octanol–water partition coefficient (Wildman–Crippen LogP) is -2.44. The van der Waals surface area contributed by atoms with E-state index in [1.807, 2.05) is 0 Å². The Bertz CT molecular complexity index is 389. The quantitative estimate of drug-likeness (QED) is 0.295. The van der Waals surface area contributed by atoms with Crippen LogP contribution >= 0.6 is 0 Å². The first-order valence-electron chi connectivity index (χ1n) is 5.95. The van der Waals surface area contributed by atoms with Crippen LogP contribution in [0.25, 0.3) is 0 Å². The summed E-state index contributed by atoms with van der Waals surface area (Å²) in [6.07, 6.45) is 0. The summed E-state index contributed by atoms with van der Waals surface area (Å²) in [6.45, 7) is -0.736. The first kappa shape index (κ1) is 27.6. The molecule has 0 aliphatic carbocycles. The number of carboxylic acid groups (broad SMARTS) is 4. The molecule has 0 aromatic carbocycles. The summed E-state index contributed by atoms with van der Waals surface area (Å²) in [5.41, 5.74) is 0. The Hall–Kier alpha value is -0.200. The summed E-state index contributed by atoms with van der Waals surface area (Å²) in [6, 6.07) is -0.643. The Morgan fingerprint density at radius 3 is 1.30 bits per heavy atom. The minimum Gasteiger partial charge on any atom is -0.480 e. The Kier molecular flexibility index (Phi) is 17.0. The molecule has 0 aliphatic rings. The van der Waals surface area contributed by atoms with Crippen molar-refractivity contribution in [1.82, 2.24) is 9.80 Å². The summed E-state index contributed by atoms with van der Waals surface area (Å²) in [4.78, 5) is 44.9. The molecule has 1 unspecified atom stereocenters. The number of aliphatic carboxylic acids is 4. The Labute approximate surface area is 177 Å². The summed E-state index contributed by atoms with van der Waals surface area (Å²) in [5, 5.41) is 34.9. The molecular formula is C11H18N2Na2O8. The number of nitrogens with zero attached hydrogens (tertiary/aromatic N) is 2. The monoisotopic (exact) mass is 352 g/mol. The van der Waals surface area contributed by atoms with E-state index in [4.69, 9.17) is 20.4 Å². The molecule has 0 heterocycles. The SMILES string of the molecule is CC(CN(CC(=O)O)CC(=O)O)N(CC(=O)O)CC(=O)O.[Na].[Na]. The second-order valence-electron chi connectivity index (χ2n) is 4.50. The van der Waals surface area contributed by atoms with Crippen molar-refractivity contribution in [3.8, 4) is 0 Å². The average Bonchev–Trinajstić information content (AvgIpc) is 2.24. The number of carbonyl (C=O) groups is 4. The van der Waals surface area contributed by atoms with Gasteiger partial charge in [0.1, 0.15) is 0 Å². The van der Waals surface area contributed by atoms with Gasteiger partial charge in [-0.05, 0) is 6.92 Å². The van der Waals surface area contributed by atoms with Gasteiger partial charge in [0.05, 0.1) is 26.2 Å². The first-order chi connectivity index (χ1) is 9.61. The van der Waals surface area contributed by atoms with Gasteiger partial charge in [0.2, 0.25) is 0 Å². The van der Waals surface area contributed by atoms with Gasteiger partial charge in [0.15, 0.2) is 0 Å². The van der Waals surface area contributed by atoms with Crippen LogP contribution in [0.5, 0.6) is 0 Å². The Morgan fingerprint density at radius 2 is 1.04 bits per heavy atom. The van der Waals surface area contributed by atoms with E-state index in [-0.39, 0.29) is 65.7 Å². The Morgan fingerprint density at radius 1 is 0.739 bits per heavy atom. The van der Waals surface area contributed by atoms with Crippen molar-refractivity contribution in [2.75, 3.05) is 32.7 Å². The van der Waals surface area contributed by atoms with Crippen molar-refractivity contribution in [3.05, 3.63) is 0 Å². The van der Waals surface area contributed by atoms with Crippen LogP contribution in [0, 0.1) is 0 Å². The van der Waals surface area contributed by atoms with E-state index in [0.29, 0.717) is 0 Å². The molecule has 0 saturated carbocycles. The van der Waals surface area contributed by atoms with E-state index in [0.717, 1.165) is 9.80 Å². The van der Waals surface area contributed by atoms with E-state index in [1.54, 1.807) is 0 Å². The molecule has 0 fully saturated rings. The second kappa shape index (κ2) is 14.2. The molecule has 122 valence electrons. The zero-order valence-electron chi connectivity index (χ0n) is 13.4. The van der Waals surface area contributed by atoms with Gasteiger partial charge in [-0.25, -0.2) is 0 Å². The fourth-order valence-corrected chi connectivity index (χ4v) is 1.77. The molecule has 12 heteroatoms. The molecule has 0 bridgehead atoms. The smallest absolute Gasteiger partial charge is 0.317 e. The van der Waals surface area contributed by atoms with Gasteiger partial charge >= 0.3 is 23.9 Å². The molecule has 0 spiro atoms. The number of carboxylic acids is 4. The van der Waals surface area contributed by atoms with E-state index >= 15 is 0 Å². The third-order valence-corrected chi connectivity index (χ3v) is 2.54. The molecule has 0 rings (SSSR count). The van der Waals surface area contributed by atoms with Crippen LogP contribution in [-0.4, -0.2) is 152 Å². The summed E-state index contributed by atoms with van der Waals surface area (Å²) in [5.74, 6) is -4.92. The third kappa shape index (κ3) is 15.1. The van der Waals surface area contributed by atoms with E-state index in [2.05, 4.69) is 0 Å². The van der Waals surface area contributed by atoms with Crippen molar-refractivity contribution < 1.29 is 39.6 Å². The number of hydrogen-bond donors (Lipinski definition) is 4. The maximum atomic E-state index is 10.7. The zero-order chi connectivity index (χ0) is 16.6. The standard InChI is InChI=1S/C11H18N2O8.2Na/c1-7(13(5-10(18)19)6-11(20)21)2-12(3-8(14)15)4-9(16)17;;/h7H,2-6H2,1H3,(H,14,15)(H,16,17)(H,18,19)(H,20,21);;. The van der Waals surface area contributed by atoms with Crippen molar-refractivity contribution >= 4 is 83.0 Å². The van der Waals surface area contributed by atoms with Crippen molar-refractivity contribution in [2.24, 2.45) is 0 Å². The fraction of sp³-hybridized carbons (Fsp3) is 0.636. The number of rotatable bonds is 11. The largest absolute Gasteiger partial charge is 0.480 e. The van der Waals surface area contributed by atoms with E-state index < -0.39 is 56.1 Å². The minimum atomic E-state index is -1.23. The maximum Gasteiger partial charge on any atom is 0.317 e. The fourth-order valence-electron chi connectivity index (χ4n) is 1.77. The molecule has 0 amide bonds. The molecular weight excluding hydrogens is 334 g/mol. The average molecular weight is 352 g/mol. The normalized spacial score (nSPS) is 11.3. The van der Waals surface area contributed by atoms with Crippen molar-refractivity contribution in [1.29, 1.82) is 0 Å². The third-order valence-electron chi connectivity index (χ3n) is 2.54. The predicted molar refractivity (Wildman–Crippen MR) is 79.5 cm³/mol. The molecule has 1 atom stereocenters. The molecule has 4 N–H and O–H groups in total. The van der Waals surface area contributed by atoms with E-state index in [1.165, 1.54) is 6.92 Å². The van der Waals surface area contributed by atoms with Gasteiger partial charge in [-0.3, -0.25) is 29.0 Å². The molecule has 0 aromatic heterocycles. The molecule has 0 saturated heterocycles. The van der Waals surface area contributed by atoms with E-state index in [9.17, 15) is 19.2 Å². The van der Waals surface area contributed by atoms with Crippen LogP contribution < -0.4 is 0 Å². The topological polar surface area (TPSA) is 156 Å². The van der Waals surface area contributed by atoms with Crippen LogP contribution in [0.15, 0.2) is 0 Å². The maximum absolute atomic E-state index is 10.7. The second-order valence-corrected chi connectivity index (χ2v) is 4.50. The van der Waals surface area contributed by atoms with Gasteiger partial charge in [0.25, 0.3) is 0 Å². The molecule has 2 radical (unpaired) electrons. The van der Waals surface area contributed by atoms with Crippen LogP contribution in [0.1, 0.15) is 6.92 Å².